The molecule has 0 aliphatic carbocycles. The van der Waals surface area contributed by atoms with Crippen molar-refractivity contribution < 1.29 is 19.1 Å². The number of aromatic nitrogens is 2. The third-order valence-electron chi connectivity index (χ3n) is 4.87. The summed E-state index contributed by atoms with van der Waals surface area (Å²) in [7, 11) is 0. The first-order chi connectivity index (χ1) is 13.2. The zero-order valence-corrected chi connectivity index (χ0v) is 14.3. The molecule has 0 radical (unpaired) electrons. The van der Waals surface area contributed by atoms with Gasteiger partial charge in [-0.05, 0) is 30.3 Å². The Morgan fingerprint density at radius 3 is 3.00 bits per heavy atom. The molecule has 3 heterocycles. The number of ether oxygens (including phenoxy) is 2. The molecule has 5 rings (SSSR count). The summed E-state index contributed by atoms with van der Waals surface area (Å²) in [5, 5.41) is 10.7. The van der Waals surface area contributed by atoms with E-state index in [1.165, 1.54) is 0 Å². The standard InChI is InChI=1S/C19H16N4O4/c24-18-5-12(9-23(18)14-3-4-16-17(7-14)27-10-26-16)19(25)21-13-2-1-11-8-20-22-15(11)6-13/h1-4,6-8,12H,5,9-10H2,(H,20,22)(H,21,25). The highest BCUT2D eigenvalue weighted by molar-refractivity contribution is 6.04. The highest BCUT2D eigenvalue weighted by atomic mass is 16.7. The summed E-state index contributed by atoms with van der Waals surface area (Å²) in [4.78, 5) is 26.7. The quantitative estimate of drug-likeness (QED) is 0.743. The summed E-state index contributed by atoms with van der Waals surface area (Å²) in [5.41, 5.74) is 2.22. The Morgan fingerprint density at radius 2 is 2.07 bits per heavy atom. The Hall–Kier alpha value is -3.55. The van der Waals surface area contributed by atoms with Crippen LogP contribution in [0.3, 0.4) is 0 Å². The van der Waals surface area contributed by atoms with Gasteiger partial charge in [-0.1, -0.05) is 0 Å². The van der Waals surface area contributed by atoms with Crippen molar-refractivity contribution in [1.29, 1.82) is 0 Å². The number of rotatable bonds is 3. The molecule has 8 nitrogen and oxygen atoms in total. The van der Waals surface area contributed by atoms with E-state index in [1.807, 2.05) is 18.2 Å². The maximum atomic E-state index is 12.6. The average molecular weight is 364 g/mol. The average Bonchev–Trinajstić information content (AvgIpc) is 3.39. The lowest BCUT2D eigenvalue weighted by Gasteiger charge is -2.17. The van der Waals surface area contributed by atoms with Gasteiger partial charge in [-0.25, -0.2) is 0 Å². The molecular formula is C19H16N4O4. The number of hydrogen-bond acceptors (Lipinski definition) is 5. The molecule has 1 saturated heterocycles. The summed E-state index contributed by atoms with van der Waals surface area (Å²) in [5.74, 6) is 0.596. The molecule has 8 heteroatoms. The zero-order valence-electron chi connectivity index (χ0n) is 14.3. The minimum atomic E-state index is -0.416. The van der Waals surface area contributed by atoms with Crippen LogP contribution in [0.4, 0.5) is 11.4 Å². The van der Waals surface area contributed by atoms with Crippen LogP contribution < -0.4 is 19.7 Å². The first-order valence-corrected chi connectivity index (χ1v) is 8.61. The Morgan fingerprint density at radius 1 is 1.19 bits per heavy atom. The van der Waals surface area contributed by atoms with Crippen LogP contribution >= 0.6 is 0 Å². The molecule has 2 amide bonds. The monoisotopic (exact) mass is 364 g/mol. The van der Waals surface area contributed by atoms with E-state index in [1.54, 1.807) is 29.3 Å². The van der Waals surface area contributed by atoms with Crippen molar-refractivity contribution in [2.24, 2.45) is 5.92 Å². The number of H-pyrrole nitrogens is 1. The van der Waals surface area contributed by atoms with Crippen molar-refractivity contribution in [3.63, 3.8) is 0 Å². The van der Waals surface area contributed by atoms with Gasteiger partial charge in [0, 0.05) is 35.8 Å². The number of carbonyl (C=O) groups excluding carboxylic acids is 2. The lowest BCUT2D eigenvalue weighted by Crippen LogP contribution is -2.28. The van der Waals surface area contributed by atoms with Gasteiger partial charge in [0.05, 0.1) is 17.6 Å². The molecule has 0 bridgehead atoms. The molecule has 0 spiro atoms. The van der Waals surface area contributed by atoms with Gasteiger partial charge in [0.2, 0.25) is 18.6 Å². The van der Waals surface area contributed by atoms with Gasteiger partial charge in [0.1, 0.15) is 0 Å². The summed E-state index contributed by atoms with van der Waals surface area (Å²) >= 11 is 0. The number of hydrogen-bond donors (Lipinski definition) is 2. The normalized spacial score (nSPS) is 18.3. The molecule has 2 N–H and O–H groups in total. The smallest absolute Gasteiger partial charge is 0.231 e. The Balaban J connectivity index is 1.31. The van der Waals surface area contributed by atoms with Crippen molar-refractivity contribution in [1.82, 2.24) is 10.2 Å². The van der Waals surface area contributed by atoms with Gasteiger partial charge < -0.3 is 19.7 Å². The molecule has 3 aromatic rings. The molecule has 27 heavy (non-hydrogen) atoms. The zero-order chi connectivity index (χ0) is 18.4. The molecular weight excluding hydrogens is 348 g/mol. The third-order valence-corrected chi connectivity index (χ3v) is 4.87. The van der Waals surface area contributed by atoms with Crippen LogP contribution in [0.5, 0.6) is 11.5 Å². The number of nitrogens with one attached hydrogen (secondary N) is 2. The minimum absolute atomic E-state index is 0.0852. The van der Waals surface area contributed by atoms with E-state index >= 15 is 0 Å². The summed E-state index contributed by atoms with van der Waals surface area (Å²) in [6.07, 6.45) is 1.90. The summed E-state index contributed by atoms with van der Waals surface area (Å²) in [6, 6.07) is 10.9. The Bertz CT molecular complexity index is 1060. The van der Waals surface area contributed by atoms with Gasteiger partial charge >= 0.3 is 0 Å². The fourth-order valence-corrected chi connectivity index (χ4v) is 3.44. The first kappa shape index (κ1) is 15.7. The maximum Gasteiger partial charge on any atom is 0.231 e. The molecule has 2 aliphatic heterocycles. The largest absolute Gasteiger partial charge is 0.454 e. The van der Waals surface area contributed by atoms with E-state index in [-0.39, 0.29) is 25.0 Å². The molecule has 1 aromatic heterocycles. The van der Waals surface area contributed by atoms with E-state index in [4.69, 9.17) is 9.47 Å². The predicted octanol–water partition coefficient (Wildman–Crippen LogP) is 2.28. The molecule has 0 saturated carbocycles. The van der Waals surface area contributed by atoms with Crippen molar-refractivity contribution in [2.45, 2.75) is 6.42 Å². The van der Waals surface area contributed by atoms with Gasteiger partial charge in [-0.3, -0.25) is 14.7 Å². The number of benzene rings is 2. The lowest BCUT2D eigenvalue weighted by atomic mass is 10.1. The van der Waals surface area contributed by atoms with E-state index in [9.17, 15) is 9.59 Å². The fraction of sp³-hybridized carbons (Fsp3) is 0.211. The number of fused-ring (bicyclic) bond motifs is 2. The molecule has 1 atom stereocenters. The summed E-state index contributed by atoms with van der Waals surface area (Å²) in [6.45, 7) is 0.509. The van der Waals surface area contributed by atoms with Crippen molar-refractivity contribution >= 4 is 34.1 Å². The van der Waals surface area contributed by atoms with E-state index in [2.05, 4.69) is 15.5 Å². The van der Waals surface area contributed by atoms with Crippen molar-refractivity contribution in [2.75, 3.05) is 23.6 Å². The first-order valence-electron chi connectivity index (χ1n) is 8.61. The van der Waals surface area contributed by atoms with Gasteiger partial charge in [-0.15, -0.1) is 0 Å². The maximum absolute atomic E-state index is 12.6. The van der Waals surface area contributed by atoms with Crippen LogP contribution in [0.2, 0.25) is 0 Å². The SMILES string of the molecule is O=C(Nc1ccc2cn[nH]c2c1)C1CC(=O)N(c2ccc3c(c2)OCO3)C1. The van der Waals surface area contributed by atoms with Crippen LogP contribution in [0.1, 0.15) is 6.42 Å². The van der Waals surface area contributed by atoms with E-state index < -0.39 is 5.92 Å². The second-order valence-electron chi connectivity index (χ2n) is 6.60. The minimum Gasteiger partial charge on any atom is -0.454 e. The topological polar surface area (TPSA) is 96.5 Å². The fourth-order valence-electron chi connectivity index (χ4n) is 3.44. The molecule has 2 aromatic carbocycles. The Kier molecular flexibility index (Phi) is 3.49. The lowest BCUT2D eigenvalue weighted by molar-refractivity contribution is -0.122. The molecule has 2 aliphatic rings. The third kappa shape index (κ3) is 2.75. The van der Waals surface area contributed by atoms with E-state index in [0.29, 0.717) is 29.4 Å². The Labute approximate surface area is 154 Å². The number of anilines is 2. The van der Waals surface area contributed by atoms with E-state index in [0.717, 1.165) is 10.9 Å². The predicted molar refractivity (Wildman–Crippen MR) is 97.7 cm³/mol. The second kappa shape index (κ2) is 6.01. The number of carbonyl (C=O) groups is 2. The van der Waals surface area contributed by atoms with Gasteiger partial charge in [-0.2, -0.15) is 5.10 Å². The molecule has 1 unspecified atom stereocenters. The van der Waals surface area contributed by atoms with Gasteiger partial charge in [0.25, 0.3) is 0 Å². The van der Waals surface area contributed by atoms with Crippen LogP contribution in [0.25, 0.3) is 10.9 Å². The molecule has 1 fully saturated rings. The van der Waals surface area contributed by atoms with Gasteiger partial charge in [0.15, 0.2) is 11.5 Å². The van der Waals surface area contributed by atoms with Crippen LogP contribution in [-0.4, -0.2) is 35.3 Å². The van der Waals surface area contributed by atoms with Crippen molar-refractivity contribution in [3.05, 3.63) is 42.6 Å². The van der Waals surface area contributed by atoms with Crippen LogP contribution in [-0.2, 0) is 9.59 Å². The number of aromatic amines is 1. The number of nitrogens with zero attached hydrogens (tertiary/aromatic N) is 2. The summed E-state index contributed by atoms with van der Waals surface area (Å²) < 4.78 is 10.7. The van der Waals surface area contributed by atoms with Crippen LogP contribution in [0.15, 0.2) is 42.6 Å². The van der Waals surface area contributed by atoms with Crippen LogP contribution in [0, 0.1) is 5.92 Å². The number of amides is 2. The molecule has 136 valence electrons. The highest BCUT2D eigenvalue weighted by Gasteiger charge is 2.35. The second-order valence-corrected chi connectivity index (χ2v) is 6.60. The highest BCUT2D eigenvalue weighted by Crippen LogP contribution is 2.37. The van der Waals surface area contributed by atoms with Crippen molar-refractivity contribution in [3.8, 4) is 11.5 Å².